The molecule has 0 radical (unpaired) electrons. The van der Waals surface area contributed by atoms with Gasteiger partial charge in [-0.1, -0.05) is 12.1 Å². The summed E-state index contributed by atoms with van der Waals surface area (Å²) in [7, 11) is 0. The van der Waals surface area contributed by atoms with E-state index in [4.69, 9.17) is 14.5 Å². The van der Waals surface area contributed by atoms with E-state index in [1.807, 2.05) is 6.07 Å². The first kappa shape index (κ1) is 23.0. The molecule has 0 bridgehead atoms. The molecule has 6 rings (SSSR count). The van der Waals surface area contributed by atoms with Crippen molar-refractivity contribution >= 4 is 5.82 Å². The number of aliphatic hydroxyl groups is 1. The van der Waals surface area contributed by atoms with Crippen LogP contribution in [0, 0.1) is 5.82 Å². The summed E-state index contributed by atoms with van der Waals surface area (Å²) in [5, 5.41) is 14.5. The van der Waals surface area contributed by atoms with E-state index < -0.39 is 0 Å². The average Bonchev–Trinajstić information content (AvgIpc) is 3.54. The van der Waals surface area contributed by atoms with Crippen molar-refractivity contribution in [3.8, 4) is 0 Å². The van der Waals surface area contributed by atoms with Crippen LogP contribution >= 0.6 is 0 Å². The second-order valence-corrected chi connectivity index (χ2v) is 10.2. The molecule has 4 heterocycles. The normalized spacial score (nSPS) is 25.8. The Balaban J connectivity index is 1.02. The number of aryl methyl sites for hydroxylation is 2. The van der Waals surface area contributed by atoms with Crippen LogP contribution in [0.25, 0.3) is 0 Å². The predicted octanol–water partition coefficient (Wildman–Crippen LogP) is 5.02. The Kier molecular flexibility index (Phi) is 6.48. The molecule has 2 N–H and O–H groups in total. The van der Waals surface area contributed by atoms with Gasteiger partial charge in [-0.25, -0.2) is 9.37 Å². The monoisotopic (exact) mass is 479 g/mol. The number of ether oxygens (including phenoxy) is 2. The largest absolute Gasteiger partial charge is 0.510 e. The summed E-state index contributed by atoms with van der Waals surface area (Å²) in [6.45, 7) is 3.89. The SMILES string of the molecule is OC1=C2CCO[C@@H]2c2ccc(F)cc2[C@H]1N1CC[C@@H](OCCCCc2ccc3c(n2)NCCC3)C1. The fraction of sp³-hybridized carbons (Fsp3) is 0.536. The number of hydrogen-bond acceptors (Lipinski definition) is 6. The molecule has 3 atom stereocenters. The third-order valence-electron chi connectivity index (χ3n) is 7.86. The number of likely N-dealkylation sites (tertiary alicyclic amines) is 1. The highest BCUT2D eigenvalue weighted by atomic mass is 19.1. The maximum absolute atomic E-state index is 14.2. The molecule has 1 aromatic heterocycles. The lowest BCUT2D eigenvalue weighted by atomic mass is 9.84. The minimum atomic E-state index is -0.314. The summed E-state index contributed by atoms with van der Waals surface area (Å²) in [6.07, 6.45) is 6.84. The van der Waals surface area contributed by atoms with E-state index in [9.17, 15) is 9.50 Å². The molecule has 6 nitrogen and oxygen atoms in total. The molecular formula is C28H34FN3O3. The number of rotatable bonds is 7. The lowest BCUT2D eigenvalue weighted by Gasteiger charge is -2.35. The summed E-state index contributed by atoms with van der Waals surface area (Å²) in [5.41, 5.74) is 5.23. The number of benzene rings is 1. The zero-order valence-electron chi connectivity index (χ0n) is 20.1. The van der Waals surface area contributed by atoms with Gasteiger partial charge in [0.05, 0.1) is 18.8 Å². The van der Waals surface area contributed by atoms with E-state index >= 15 is 0 Å². The van der Waals surface area contributed by atoms with Gasteiger partial charge in [0.1, 0.15) is 23.5 Å². The van der Waals surface area contributed by atoms with Crippen molar-refractivity contribution in [3.63, 3.8) is 0 Å². The minimum absolute atomic E-state index is 0.133. The lowest BCUT2D eigenvalue weighted by molar-refractivity contribution is 0.0511. The molecule has 186 valence electrons. The van der Waals surface area contributed by atoms with Crippen LogP contribution in [-0.4, -0.2) is 53.9 Å². The smallest absolute Gasteiger partial charge is 0.129 e. The number of nitrogens with zero attached hydrogens (tertiary/aromatic N) is 2. The molecule has 0 saturated carbocycles. The van der Waals surface area contributed by atoms with Crippen molar-refractivity contribution in [2.24, 2.45) is 0 Å². The van der Waals surface area contributed by atoms with Gasteiger partial charge in [-0.05, 0) is 79.8 Å². The summed E-state index contributed by atoms with van der Waals surface area (Å²) in [5.74, 6) is 1.13. The summed E-state index contributed by atoms with van der Waals surface area (Å²) in [6, 6.07) is 8.93. The van der Waals surface area contributed by atoms with E-state index in [1.54, 1.807) is 6.07 Å². The molecule has 1 aliphatic carbocycles. The Morgan fingerprint density at radius 2 is 2.11 bits per heavy atom. The number of aromatic nitrogens is 1. The standard InChI is InChI=1S/C28H34FN3O3/c29-19-7-9-22-24(16-19)25(26(33)23-11-15-35-27(22)23)32-13-10-21(17-32)34-14-2-1-5-20-8-6-18-4-3-12-30-28(18)31-20/h6-9,16,21,25,27,33H,1-5,10-15,17H2,(H,30,31)/t21-,25-,27-/m1/s1. The topological polar surface area (TPSA) is 66.9 Å². The van der Waals surface area contributed by atoms with Crippen molar-refractivity contribution in [1.29, 1.82) is 0 Å². The Bertz CT molecular complexity index is 1120. The summed E-state index contributed by atoms with van der Waals surface area (Å²) >= 11 is 0. The van der Waals surface area contributed by atoms with Gasteiger partial charge in [-0.3, -0.25) is 4.90 Å². The van der Waals surface area contributed by atoms with Crippen molar-refractivity contribution < 1.29 is 19.0 Å². The van der Waals surface area contributed by atoms with Crippen LogP contribution in [0.1, 0.15) is 66.6 Å². The molecule has 3 aliphatic heterocycles. The zero-order chi connectivity index (χ0) is 23.8. The second kappa shape index (κ2) is 9.88. The summed E-state index contributed by atoms with van der Waals surface area (Å²) in [4.78, 5) is 7.02. The first-order valence-corrected chi connectivity index (χ1v) is 13.1. The van der Waals surface area contributed by atoms with Gasteiger partial charge in [0.25, 0.3) is 0 Å². The van der Waals surface area contributed by atoms with Gasteiger partial charge in [0.2, 0.25) is 0 Å². The van der Waals surface area contributed by atoms with Crippen LogP contribution in [0.3, 0.4) is 0 Å². The Morgan fingerprint density at radius 1 is 1.17 bits per heavy atom. The van der Waals surface area contributed by atoms with Gasteiger partial charge in [0, 0.05) is 37.5 Å². The number of anilines is 1. The number of nitrogens with one attached hydrogen (secondary N) is 1. The molecule has 35 heavy (non-hydrogen) atoms. The van der Waals surface area contributed by atoms with E-state index in [1.165, 1.54) is 18.1 Å². The van der Waals surface area contributed by atoms with E-state index in [0.717, 1.165) is 93.0 Å². The van der Waals surface area contributed by atoms with Gasteiger partial charge in [-0.15, -0.1) is 0 Å². The van der Waals surface area contributed by atoms with Crippen molar-refractivity contribution in [2.75, 3.05) is 38.2 Å². The molecule has 4 aliphatic rings. The highest BCUT2D eigenvalue weighted by Crippen LogP contribution is 2.48. The van der Waals surface area contributed by atoms with Crippen LogP contribution in [0.15, 0.2) is 41.7 Å². The van der Waals surface area contributed by atoms with Gasteiger partial charge in [0.15, 0.2) is 0 Å². The average molecular weight is 480 g/mol. The predicted molar refractivity (Wildman–Crippen MR) is 132 cm³/mol. The van der Waals surface area contributed by atoms with Gasteiger partial charge >= 0.3 is 0 Å². The number of unbranched alkanes of at least 4 members (excludes halogenated alkanes) is 1. The van der Waals surface area contributed by atoms with Crippen molar-refractivity contribution in [3.05, 3.63) is 69.9 Å². The molecule has 0 spiro atoms. The van der Waals surface area contributed by atoms with E-state index in [0.29, 0.717) is 12.4 Å². The molecule has 1 aromatic carbocycles. The Morgan fingerprint density at radius 3 is 3.06 bits per heavy atom. The van der Waals surface area contributed by atoms with Gasteiger partial charge in [-0.2, -0.15) is 0 Å². The number of fused-ring (bicyclic) bond motifs is 4. The molecule has 2 aromatic rings. The van der Waals surface area contributed by atoms with E-state index in [2.05, 4.69) is 22.3 Å². The molecule has 7 heteroatoms. The zero-order valence-corrected chi connectivity index (χ0v) is 20.1. The number of halogens is 1. The highest BCUT2D eigenvalue weighted by Gasteiger charge is 2.42. The third-order valence-corrected chi connectivity index (χ3v) is 7.86. The van der Waals surface area contributed by atoms with Crippen LogP contribution in [-0.2, 0) is 22.3 Å². The van der Waals surface area contributed by atoms with Crippen LogP contribution in [0.2, 0.25) is 0 Å². The maximum Gasteiger partial charge on any atom is 0.129 e. The number of hydrogen-bond donors (Lipinski definition) is 2. The number of pyridine rings is 1. The first-order chi connectivity index (χ1) is 17.2. The molecule has 0 amide bonds. The third kappa shape index (κ3) is 4.57. The first-order valence-electron chi connectivity index (χ1n) is 13.1. The molecule has 2 fully saturated rings. The van der Waals surface area contributed by atoms with E-state index in [-0.39, 0.29) is 24.1 Å². The Hall–Kier alpha value is -2.48. The molecular weight excluding hydrogens is 445 g/mol. The van der Waals surface area contributed by atoms with Crippen molar-refractivity contribution in [2.45, 2.75) is 63.2 Å². The maximum atomic E-state index is 14.2. The Labute approximate surface area is 206 Å². The number of aliphatic hydroxyl groups excluding tert-OH is 1. The molecule has 0 unspecified atom stereocenters. The van der Waals surface area contributed by atoms with Crippen LogP contribution < -0.4 is 5.32 Å². The molecule has 2 saturated heterocycles. The second-order valence-electron chi connectivity index (χ2n) is 10.2. The summed E-state index contributed by atoms with van der Waals surface area (Å²) < 4.78 is 26.2. The fourth-order valence-corrected chi connectivity index (χ4v) is 6.06. The minimum Gasteiger partial charge on any atom is -0.510 e. The van der Waals surface area contributed by atoms with Gasteiger partial charge < -0.3 is 19.9 Å². The van der Waals surface area contributed by atoms with Crippen LogP contribution in [0.4, 0.5) is 10.2 Å². The highest BCUT2D eigenvalue weighted by molar-refractivity contribution is 5.47. The quantitative estimate of drug-likeness (QED) is 0.544. The lowest BCUT2D eigenvalue weighted by Crippen LogP contribution is -2.33. The van der Waals surface area contributed by atoms with Crippen LogP contribution in [0.5, 0.6) is 0 Å². The fourth-order valence-electron chi connectivity index (χ4n) is 6.06. The van der Waals surface area contributed by atoms with Crippen molar-refractivity contribution in [1.82, 2.24) is 9.88 Å².